The number of aromatic nitrogens is 1. The Balaban J connectivity index is 0. The number of nitrogen functional groups attached to an aromatic ring is 1. The number of allylic oxidation sites excluding steroid dienone is 2. The average Bonchev–Trinajstić information content (AvgIpc) is 2.91. The monoisotopic (exact) mass is 464 g/mol. The first-order valence-corrected chi connectivity index (χ1v) is 12.3. The molecule has 4 nitrogen and oxygen atoms in total. The summed E-state index contributed by atoms with van der Waals surface area (Å²) in [6.45, 7) is 26.0. The van der Waals surface area contributed by atoms with Gasteiger partial charge in [-0.15, -0.1) is 0 Å². The van der Waals surface area contributed by atoms with Crippen LogP contribution in [0.2, 0.25) is 0 Å². The largest absolute Gasteiger partial charge is 0.398 e. The number of hydrogen-bond acceptors (Lipinski definition) is 4. The van der Waals surface area contributed by atoms with Gasteiger partial charge in [0.05, 0.1) is 11.4 Å². The van der Waals surface area contributed by atoms with Crippen molar-refractivity contribution in [3.05, 3.63) is 101 Å². The number of aryl methyl sites for hydroxylation is 2. The average molecular weight is 465 g/mol. The second kappa shape index (κ2) is 19.4. The van der Waals surface area contributed by atoms with Crippen molar-refractivity contribution >= 4 is 11.8 Å². The van der Waals surface area contributed by atoms with E-state index >= 15 is 0 Å². The van der Waals surface area contributed by atoms with E-state index in [1.807, 2.05) is 34.6 Å². The number of nitrogens with two attached hydrogens (primary N) is 3. The molecule has 2 aromatic rings. The van der Waals surface area contributed by atoms with Crippen LogP contribution < -0.4 is 17.2 Å². The topological polar surface area (TPSA) is 90.9 Å². The van der Waals surface area contributed by atoms with Gasteiger partial charge in [0.2, 0.25) is 0 Å². The SMILES string of the molecule is C=C1C(=C)C(N)=C1C.C=Cc1ncccc1N.CC.CC.CCCc1ccc(CN)cc1CC. The molecule has 34 heavy (non-hydrogen) atoms. The fourth-order valence-corrected chi connectivity index (χ4v) is 2.96. The molecule has 0 spiro atoms. The summed E-state index contributed by atoms with van der Waals surface area (Å²) in [5.74, 6) is 0. The molecule has 0 fully saturated rings. The fraction of sp³-hybridized carbons (Fsp3) is 0.367. The maximum absolute atomic E-state index is 5.60. The predicted octanol–water partition coefficient (Wildman–Crippen LogP) is 7.36. The van der Waals surface area contributed by atoms with Crippen molar-refractivity contribution in [3.8, 4) is 0 Å². The standard InChI is InChI=1S/C12H19N.C7H8N2.C7H9N.2C2H6/c1-3-5-12-7-6-10(9-13)8-11(12)4-2;1-2-7-6(8)4-3-5-9-7;1-4-5(2)7(8)6(4)3;2*1-2/h6-8H,3-5,9,13H2,1-2H3;2-5H,1,8H2;1-2,8H2,3H3;2*1-2H3. The normalized spacial score (nSPS) is 11.2. The van der Waals surface area contributed by atoms with Gasteiger partial charge in [-0.25, -0.2) is 0 Å². The Morgan fingerprint density at radius 1 is 0.941 bits per heavy atom. The van der Waals surface area contributed by atoms with Crippen molar-refractivity contribution in [3.63, 3.8) is 0 Å². The molecule has 0 aliphatic heterocycles. The van der Waals surface area contributed by atoms with E-state index in [1.165, 1.54) is 29.5 Å². The van der Waals surface area contributed by atoms with Gasteiger partial charge in [-0.05, 0) is 71.4 Å². The molecule has 0 radical (unpaired) electrons. The maximum atomic E-state index is 5.60. The summed E-state index contributed by atoms with van der Waals surface area (Å²) in [5, 5.41) is 0. The van der Waals surface area contributed by atoms with Gasteiger partial charge in [-0.1, -0.05) is 85.9 Å². The summed E-state index contributed by atoms with van der Waals surface area (Å²) in [5.41, 5.74) is 26.0. The second-order valence-corrected chi connectivity index (χ2v) is 7.09. The molecule has 0 amide bonds. The molecule has 1 heterocycles. The summed E-state index contributed by atoms with van der Waals surface area (Å²) in [6, 6.07) is 10.2. The van der Waals surface area contributed by atoms with Crippen LogP contribution >= 0.6 is 0 Å². The molecule has 1 aromatic heterocycles. The molecule has 0 saturated carbocycles. The number of rotatable bonds is 5. The van der Waals surface area contributed by atoms with Crippen molar-refractivity contribution in [1.82, 2.24) is 4.98 Å². The van der Waals surface area contributed by atoms with Crippen LogP contribution in [0.4, 0.5) is 5.69 Å². The summed E-state index contributed by atoms with van der Waals surface area (Å²) in [7, 11) is 0. The lowest BCUT2D eigenvalue weighted by molar-refractivity contribution is 0.894. The van der Waals surface area contributed by atoms with Crippen LogP contribution in [0.3, 0.4) is 0 Å². The lowest BCUT2D eigenvalue weighted by Crippen LogP contribution is -2.15. The Morgan fingerprint density at radius 3 is 1.91 bits per heavy atom. The first-order chi connectivity index (χ1) is 16.3. The highest BCUT2D eigenvalue weighted by Gasteiger charge is 2.18. The highest BCUT2D eigenvalue weighted by Crippen LogP contribution is 2.32. The lowest BCUT2D eigenvalue weighted by atomic mass is 9.86. The van der Waals surface area contributed by atoms with Crippen LogP contribution in [0, 0.1) is 0 Å². The van der Waals surface area contributed by atoms with Gasteiger partial charge in [0.1, 0.15) is 0 Å². The molecule has 1 aliphatic rings. The third-order valence-corrected chi connectivity index (χ3v) is 5.02. The first-order valence-electron chi connectivity index (χ1n) is 12.3. The van der Waals surface area contributed by atoms with Crippen LogP contribution in [-0.2, 0) is 19.4 Å². The molecule has 0 unspecified atom stereocenters. The zero-order chi connectivity index (χ0) is 26.7. The van der Waals surface area contributed by atoms with Gasteiger partial charge in [0.15, 0.2) is 0 Å². The molecule has 188 valence electrons. The van der Waals surface area contributed by atoms with Gasteiger partial charge in [-0.3, -0.25) is 4.98 Å². The van der Waals surface area contributed by atoms with Gasteiger partial charge < -0.3 is 17.2 Å². The van der Waals surface area contributed by atoms with E-state index in [0.29, 0.717) is 12.2 Å². The van der Waals surface area contributed by atoms with Crippen molar-refractivity contribution in [2.45, 2.75) is 74.3 Å². The zero-order valence-electron chi connectivity index (χ0n) is 22.7. The van der Waals surface area contributed by atoms with Crippen molar-refractivity contribution in [2.75, 3.05) is 5.73 Å². The van der Waals surface area contributed by atoms with Gasteiger partial charge in [-0.2, -0.15) is 0 Å². The minimum Gasteiger partial charge on any atom is -0.398 e. The third kappa shape index (κ3) is 10.7. The van der Waals surface area contributed by atoms with E-state index in [9.17, 15) is 0 Å². The first kappa shape index (κ1) is 33.1. The molecule has 4 heteroatoms. The van der Waals surface area contributed by atoms with E-state index in [4.69, 9.17) is 17.2 Å². The smallest absolute Gasteiger partial charge is 0.0852 e. The molecule has 1 aromatic carbocycles. The van der Waals surface area contributed by atoms with Gasteiger partial charge >= 0.3 is 0 Å². The molecule has 3 rings (SSSR count). The Morgan fingerprint density at radius 2 is 1.56 bits per heavy atom. The van der Waals surface area contributed by atoms with E-state index in [0.717, 1.165) is 34.5 Å². The van der Waals surface area contributed by atoms with Crippen LogP contribution in [0.25, 0.3) is 6.08 Å². The van der Waals surface area contributed by atoms with Crippen LogP contribution in [0.5, 0.6) is 0 Å². The number of hydrogen-bond donors (Lipinski definition) is 3. The minimum atomic E-state index is 0.652. The van der Waals surface area contributed by atoms with Gasteiger partial charge in [0, 0.05) is 18.4 Å². The summed E-state index contributed by atoms with van der Waals surface area (Å²) in [4.78, 5) is 3.95. The second-order valence-electron chi connectivity index (χ2n) is 7.09. The van der Waals surface area contributed by atoms with Crippen LogP contribution in [0.1, 0.15) is 77.3 Å². The Hall–Kier alpha value is -3.11. The minimum absolute atomic E-state index is 0.652. The quantitative estimate of drug-likeness (QED) is 0.431. The Labute approximate surface area is 209 Å². The molecule has 0 saturated heterocycles. The van der Waals surface area contributed by atoms with Crippen LogP contribution in [0.15, 0.2) is 78.7 Å². The van der Waals surface area contributed by atoms with Crippen molar-refractivity contribution in [1.29, 1.82) is 0 Å². The Kier molecular flexibility index (Phi) is 18.8. The third-order valence-electron chi connectivity index (χ3n) is 5.02. The van der Waals surface area contributed by atoms with E-state index < -0.39 is 0 Å². The summed E-state index contributed by atoms with van der Waals surface area (Å²) < 4.78 is 0. The Bertz CT molecular complexity index is 901. The highest BCUT2D eigenvalue weighted by molar-refractivity contribution is 5.65. The van der Waals surface area contributed by atoms with Crippen LogP contribution in [-0.4, -0.2) is 4.98 Å². The maximum Gasteiger partial charge on any atom is 0.0852 e. The molecular weight excluding hydrogens is 416 g/mol. The van der Waals surface area contributed by atoms with E-state index in [2.05, 4.69) is 56.8 Å². The molecule has 0 atom stereocenters. The summed E-state index contributed by atoms with van der Waals surface area (Å²) in [6.07, 6.45) is 6.84. The van der Waals surface area contributed by atoms with Crippen molar-refractivity contribution in [2.24, 2.45) is 11.5 Å². The summed E-state index contributed by atoms with van der Waals surface area (Å²) >= 11 is 0. The number of benzene rings is 1. The molecule has 6 N–H and O–H groups in total. The highest BCUT2D eigenvalue weighted by atomic mass is 14.7. The number of anilines is 1. The molecule has 0 bridgehead atoms. The van der Waals surface area contributed by atoms with E-state index in [-0.39, 0.29) is 0 Å². The molecular formula is C30H48N4. The van der Waals surface area contributed by atoms with E-state index in [1.54, 1.807) is 24.4 Å². The number of nitrogens with zero attached hydrogens (tertiary/aromatic N) is 1. The lowest BCUT2D eigenvalue weighted by Gasteiger charge is -2.22. The van der Waals surface area contributed by atoms with Gasteiger partial charge in [0.25, 0.3) is 0 Å². The predicted molar refractivity (Wildman–Crippen MR) is 154 cm³/mol. The zero-order valence-corrected chi connectivity index (χ0v) is 22.7. The molecule has 1 aliphatic carbocycles. The fourth-order valence-electron chi connectivity index (χ4n) is 2.96. The number of pyridine rings is 1. The van der Waals surface area contributed by atoms with Crippen molar-refractivity contribution < 1.29 is 0 Å².